The number of benzene rings is 1. The number of nitrogens with one attached hydrogen (secondary N) is 3. The lowest BCUT2D eigenvalue weighted by atomic mass is 9.87. The molecule has 6 heteroatoms. The van der Waals surface area contributed by atoms with Gasteiger partial charge in [0.25, 0.3) is 0 Å². The number of aromatic nitrogens is 3. The molecule has 0 amide bonds. The van der Waals surface area contributed by atoms with E-state index in [4.69, 9.17) is 0 Å². The maximum atomic E-state index is 4.45. The van der Waals surface area contributed by atoms with Crippen LogP contribution in [0.1, 0.15) is 50.5 Å². The normalized spacial score (nSPS) is 11.1. The first-order chi connectivity index (χ1) is 17.6. The summed E-state index contributed by atoms with van der Waals surface area (Å²) in [7, 11) is 0. The maximum absolute atomic E-state index is 4.45. The first kappa shape index (κ1) is 25.6. The number of hydrogen-bond donors (Lipinski definition) is 3. The van der Waals surface area contributed by atoms with E-state index >= 15 is 0 Å². The van der Waals surface area contributed by atoms with Crippen LogP contribution < -0.4 is 16.0 Å². The second-order valence-electron chi connectivity index (χ2n) is 9.08. The van der Waals surface area contributed by atoms with Crippen LogP contribution in [0.2, 0.25) is 0 Å². The number of nitrogens with zero attached hydrogens (tertiary/aromatic N) is 3. The van der Waals surface area contributed by atoms with Gasteiger partial charge in [0.1, 0.15) is 0 Å². The van der Waals surface area contributed by atoms with Gasteiger partial charge in [-0.25, -0.2) is 0 Å². The van der Waals surface area contributed by atoms with Crippen LogP contribution in [0.3, 0.4) is 0 Å². The average Bonchev–Trinajstić information content (AvgIpc) is 2.92. The first-order valence-electron chi connectivity index (χ1n) is 12.6. The molecular formula is C30H36N6. The van der Waals surface area contributed by atoms with Crippen LogP contribution in [0.25, 0.3) is 0 Å². The molecule has 0 fully saturated rings. The second-order valence-corrected chi connectivity index (χ2v) is 9.08. The van der Waals surface area contributed by atoms with Crippen molar-refractivity contribution in [3.8, 4) is 0 Å². The summed E-state index contributed by atoms with van der Waals surface area (Å²) in [5, 5.41) is 10.8. The van der Waals surface area contributed by atoms with Crippen molar-refractivity contribution in [2.24, 2.45) is 0 Å². The van der Waals surface area contributed by atoms with E-state index in [2.05, 4.69) is 69.9 Å². The molecule has 0 aliphatic rings. The molecule has 1 aromatic carbocycles. The molecule has 0 aliphatic heterocycles. The number of hydrogen-bond acceptors (Lipinski definition) is 6. The zero-order valence-corrected chi connectivity index (χ0v) is 21.5. The monoisotopic (exact) mass is 480 g/mol. The topological polar surface area (TPSA) is 74.8 Å². The Kier molecular flexibility index (Phi) is 9.27. The number of pyridine rings is 3. The van der Waals surface area contributed by atoms with Crippen LogP contribution in [-0.2, 0) is 39.3 Å². The van der Waals surface area contributed by atoms with Crippen molar-refractivity contribution in [2.75, 3.05) is 0 Å². The van der Waals surface area contributed by atoms with Gasteiger partial charge in [-0.3, -0.25) is 15.0 Å². The molecule has 186 valence electrons. The molecule has 36 heavy (non-hydrogen) atoms. The van der Waals surface area contributed by atoms with E-state index < -0.39 is 0 Å². The van der Waals surface area contributed by atoms with Gasteiger partial charge in [-0.2, -0.15) is 0 Å². The van der Waals surface area contributed by atoms with Crippen molar-refractivity contribution >= 4 is 0 Å². The van der Waals surface area contributed by atoms with Crippen molar-refractivity contribution < 1.29 is 0 Å². The highest BCUT2D eigenvalue weighted by atomic mass is 14.9. The van der Waals surface area contributed by atoms with E-state index in [9.17, 15) is 0 Å². The van der Waals surface area contributed by atoms with Crippen LogP contribution >= 0.6 is 0 Å². The quantitative estimate of drug-likeness (QED) is 0.274. The zero-order chi connectivity index (χ0) is 25.2. The van der Waals surface area contributed by atoms with E-state index in [1.165, 1.54) is 33.4 Å². The minimum atomic E-state index is 0.744. The Morgan fingerprint density at radius 1 is 0.444 bits per heavy atom. The Hall–Kier alpha value is -3.45. The van der Waals surface area contributed by atoms with Gasteiger partial charge in [0.05, 0.1) is 17.1 Å². The Balaban J connectivity index is 1.52. The molecule has 0 unspecified atom stereocenters. The minimum Gasteiger partial charge on any atom is -0.307 e. The maximum Gasteiger partial charge on any atom is 0.0541 e. The van der Waals surface area contributed by atoms with Crippen LogP contribution in [0, 0.1) is 20.8 Å². The molecule has 0 spiro atoms. The fourth-order valence-corrected chi connectivity index (χ4v) is 4.64. The predicted octanol–water partition coefficient (Wildman–Crippen LogP) is 4.67. The minimum absolute atomic E-state index is 0.744. The van der Waals surface area contributed by atoms with Crippen molar-refractivity contribution in [1.82, 2.24) is 30.9 Å². The average molecular weight is 481 g/mol. The van der Waals surface area contributed by atoms with Gasteiger partial charge in [-0.05, 0) is 90.6 Å². The van der Waals surface area contributed by atoms with Crippen molar-refractivity contribution in [2.45, 2.75) is 60.0 Å². The van der Waals surface area contributed by atoms with Crippen molar-refractivity contribution in [3.05, 3.63) is 124 Å². The van der Waals surface area contributed by atoms with Crippen molar-refractivity contribution in [3.63, 3.8) is 0 Å². The molecule has 0 aliphatic carbocycles. The smallest absolute Gasteiger partial charge is 0.0541 e. The van der Waals surface area contributed by atoms with Crippen LogP contribution in [0.4, 0.5) is 0 Å². The molecule has 0 saturated heterocycles. The second kappa shape index (κ2) is 13.0. The summed E-state index contributed by atoms with van der Waals surface area (Å²) < 4.78 is 0. The van der Waals surface area contributed by atoms with Gasteiger partial charge in [-0.15, -0.1) is 0 Å². The van der Waals surface area contributed by atoms with Crippen LogP contribution in [-0.4, -0.2) is 15.0 Å². The van der Waals surface area contributed by atoms with E-state index in [1.807, 2.05) is 55.0 Å². The van der Waals surface area contributed by atoms with Crippen LogP contribution in [0.15, 0.2) is 73.2 Å². The third-order valence-corrected chi connectivity index (χ3v) is 6.72. The standard InChI is InChI=1S/C30H36N6/c1-22-28(19-31-16-25-10-4-7-13-34-25)23(2)30(21-33-18-27-12-6-9-15-36-27)24(3)29(22)20-32-17-26-11-5-8-14-35-26/h4-15,31-33H,16-21H2,1-3H3. The van der Waals surface area contributed by atoms with Gasteiger partial charge in [0.2, 0.25) is 0 Å². The predicted molar refractivity (Wildman–Crippen MR) is 145 cm³/mol. The summed E-state index contributed by atoms with van der Waals surface area (Å²) in [5.41, 5.74) is 11.3. The highest BCUT2D eigenvalue weighted by Gasteiger charge is 2.17. The fraction of sp³-hybridized carbons (Fsp3) is 0.300. The van der Waals surface area contributed by atoms with E-state index in [0.29, 0.717) is 0 Å². The highest BCUT2D eigenvalue weighted by Crippen LogP contribution is 2.28. The third-order valence-electron chi connectivity index (χ3n) is 6.72. The molecule has 4 aromatic rings. The summed E-state index contributed by atoms with van der Waals surface area (Å²) >= 11 is 0. The Morgan fingerprint density at radius 3 is 1.00 bits per heavy atom. The first-order valence-corrected chi connectivity index (χ1v) is 12.6. The summed E-state index contributed by atoms with van der Waals surface area (Å²) in [5.74, 6) is 0. The largest absolute Gasteiger partial charge is 0.307 e. The lowest BCUT2D eigenvalue weighted by molar-refractivity contribution is 0.645. The number of rotatable bonds is 12. The summed E-state index contributed by atoms with van der Waals surface area (Å²) in [6.45, 7) is 11.4. The molecule has 0 atom stereocenters. The molecule has 0 bridgehead atoms. The lowest BCUT2D eigenvalue weighted by Gasteiger charge is -2.23. The van der Waals surface area contributed by atoms with Crippen molar-refractivity contribution in [1.29, 1.82) is 0 Å². The third kappa shape index (κ3) is 6.82. The van der Waals surface area contributed by atoms with Gasteiger partial charge < -0.3 is 16.0 Å². The van der Waals surface area contributed by atoms with Gasteiger partial charge in [-0.1, -0.05) is 18.2 Å². The molecular weight excluding hydrogens is 444 g/mol. The van der Waals surface area contributed by atoms with Gasteiger partial charge >= 0.3 is 0 Å². The van der Waals surface area contributed by atoms with Gasteiger partial charge in [0, 0.05) is 57.9 Å². The molecule has 4 rings (SSSR count). The lowest BCUT2D eigenvalue weighted by Crippen LogP contribution is -2.22. The Bertz CT molecular complexity index is 1050. The highest BCUT2D eigenvalue weighted by molar-refractivity contribution is 5.50. The van der Waals surface area contributed by atoms with Gasteiger partial charge in [0.15, 0.2) is 0 Å². The Labute approximate surface area is 214 Å². The molecule has 0 saturated carbocycles. The summed E-state index contributed by atoms with van der Waals surface area (Å²) in [4.78, 5) is 13.3. The summed E-state index contributed by atoms with van der Waals surface area (Å²) in [6, 6.07) is 18.1. The van der Waals surface area contributed by atoms with E-state index in [-0.39, 0.29) is 0 Å². The Morgan fingerprint density at radius 2 is 0.750 bits per heavy atom. The summed E-state index contributed by atoms with van der Waals surface area (Å²) in [6.07, 6.45) is 5.53. The SMILES string of the molecule is Cc1c(CNCc2ccccn2)c(C)c(CNCc2ccccn2)c(C)c1CNCc1ccccn1. The van der Waals surface area contributed by atoms with Crippen LogP contribution in [0.5, 0.6) is 0 Å². The zero-order valence-electron chi connectivity index (χ0n) is 21.5. The molecule has 3 aromatic heterocycles. The molecule has 6 nitrogen and oxygen atoms in total. The fourth-order valence-electron chi connectivity index (χ4n) is 4.64. The molecule has 0 radical (unpaired) electrons. The van der Waals surface area contributed by atoms with E-state index in [0.717, 1.165) is 56.4 Å². The molecule has 3 heterocycles. The molecule has 3 N–H and O–H groups in total. The van der Waals surface area contributed by atoms with E-state index in [1.54, 1.807) is 0 Å².